The molecular formula is C42H43O22+. The van der Waals surface area contributed by atoms with Crippen molar-refractivity contribution in [2.45, 2.75) is 79.5 Å². The van der Waals surface area contributed by atoms with Gasteiger partial charge in [-0.05, 0) is 36.4 Å². The van der Waals surface area contributed by atoms with Crippen LogP contribution in [0.4, 0.5) is 0 Å². The molecule has 0 spiro atoms. The molecule has 13 atom stereocenters. The average Bonchev–Trinajstić information content (AvgIpc) is 3.26. The topological polar surface area (TPSA) is 381 Å². The number of fused-ring (bicyclic) bond motifs is 2. The molecular weight excluding hydrogens is 856 g/mol. The summed E-state index contributed by atoms with van der Waals surface area (Å²) < 4.78 is 35.8. The van der Waals surface area contributed by atoms with Gasteiger partial charge in [-0.2, -0.15) is 0 Å². The molecule has 2 fully saturated rings. The minimum atomic E-state index is -2.00. The maximum absolute atomic E-state index is 12.3. The third-order valence-electron chi connectivity index (χ3n) is 11.4. The Morgan fingerprint density at radius 2 is 1.08 bits per heavy atom. The molecule has 4 aromatic carbocycles. The predicted molar refractivity (Wildman–Crippen MR) is 211 cm³/mol. The second-order valence-corrected chi connectivity index (χ2v) is 15.5. The van der Waals surface area contributed by atoms with E-state index in [0.717, 1.165) is 30.3 Å². The van der Waals surface area contributed by atoms with E-state index in [2.05, 4.69) is 0 Å². The summed E-state index contributed by atoms with van der Waals surface area (Å²) in [6.45, 7) is -1.68. The summed E-state index contributed by atoms with van der Waals surface area (Å²) in [6.07, 6.45) is -21.6. The van der Waals surface area contributed by atoms with Crippen molar-refractivity contribution in [3.05, 3.63) is 77.4 Å². The van der Waals surface area contributed by atoms with Gasteiger partial charge in [0.05, 0.1) is 24.7 Å². The standard InChI is InChI=1S/C42H42O22/c43-11-25-31(52)34(55)36(57)41(62-25)60-22-10-19(48)28(29-27-18(47)7-16(46)8-23(27)59-39(33(29)54)14-5-20(49)30(51)21(50)6-14)40-17(22)9-24(38(64-40)13-1-3-15(45)4-2-13)61-42-37(58)35(56)32(53)26(12-44)63-42/h1-10,25-26,29,31-37,39,41-44,52-58H,11-12H2,(H6-,45,46,47,48,49,50,51)/p+1. The molecule has 8 rings (SSSR count). The molecule has 3 aliphatic rings. The molecule has 64 heavy (non-hydrogen) atoms. The number of aliphatic hydroxyl groups excluding tert-OH is 9. The average molecular weight is 900 g/mol. The first-order valence-corrected chi connectivity index (χ1v) is 19.5. The van der Waals surface area contributed by atoms with Crippen LogP contribution in [0.3, 0.4) is 0 Å². The second kappa shape index (κ2) is 17.1. The lowest BCUT2D eigenvalue weighted by atomic mass is 9.78. The van der Waals surface area contributed by atoms with Gasteiger partial charge in [0.1, 0.15) is 100 Å². The fraction of sp³-hybridized carbons (Fsp3) is 0.357. The van der Waals surface area contributed by atoms with Gasteiger partial charge in [0.15, 0.2) is 23.4 Å². The third-order valence-corrected chi connectivity index (χ3v) is 11.4. The van der Waals surface area contributed by atoms with E-state index in [0.29, 0.717) is 0 Å². The minimum Gasteiger partial charge on any atom is -0.508 e. The summed E-state index contributed by atoms with van der Waals surface area (Å²) in [4.78, 5) is 0. The number of benzene rings is 4. The monoisotopic (exact) mass is 899 g/mol. The lowest BCUT2D eigenvalue weighted by Gasteiger charge is -2.40. The number of ether oxygens (including phenoxy) is 5. The van der Waals surface area contributed by atoms with Crippen LogP contribution in [0.2, 0.25) is 0 Å². The summed E-state index contributed by atoms with van der Waals surface area (Å²) in [5, 5.41) is 171. The van der Waals surface area contributed by atoms with Crippen LogP contribution < -0.4 is 14.2 Å². The number of aliphatic hydroxyl groups is 9. The van der Waals surface area contributed by atoms with Gasteiger partial charge < -0.3 is 105 Å². The molecule has 0 saturated carbocycles. The van der Waals surface area contributed by atoms with Gasteiger partial charge in [0.25, 0.3) is 0 Å². The first-order valence-electron chi connectivity index (χ1n) is 19.5. The molecule has 22 heteroatoms. The fourth-order valence-electron chi connectivity index (χ4n) is 8.06. The van der Waals surface area contributed by atoms with E-state index in [1.54, 1.807) is 0 Å². The van der Waals surface area contributed by atoms with Crippen LogP contribution in [0.25, 0.3) is 22.3 Å². The Morgan fingerprint density at radius 3 is 1.64 bits per heavy atom. The summed E-state index contributed by atoms with van der Waals surface area (Å²) in [5.74, 6) is -7.82. The molecule has 0 bridgehead atoms. The highest BCUT2D eigenvalue weighted by Gasteiger charge is 2.50. The highest BCUT2D eigenvalue weighted by atomic mass is 16.7. The van der Waals surface area contributed by atoms with Crippen LogP contribution in [-0.2, 0) is 9.47 Å². The SMILES string of the molecule is OCC1OC(Oc2cc3c(OC4OC(CO)C(O)C(O)C4O)cc(O)c(C4c5c(O)cc(O)cc5OC(c5cc(O)c(O)c(O)c5)C4O)c3[o+]c2-c2ccc(O)cc2)C(O)C(O)C1O. The first-order chi connectivity index (χ1) is 30.4. The zero-order valence-electron chi connectivity index (χ0n) is 32.8. The van der Waals surface area contributed by atoms with Crippen LogP contribution >= 0.6 is 0 Å². The third kappa shape index (κ3) is 7.69. The van der Waals surface area contributed by atoms with Gasteiger partial charge in [-0.1, -0.05) is 0 Å². The summed E-state index contributed by atoms with van der Waals surface area (Å²) in [5.41, 5.74) is -1.09. The maximum atomic E-state index is 12.3. The Labute approximate surface area is 359 Å². The molecule has 4 heterocycles. The van der Waals surface area contributed by atoms with E-state index in [1.165, 1.54) is 30.3 Å². The van der Waals surface area contributed by atoms with E-state index in [1.807, 2.05) is 0 Å². The van der Waals surface area contributed by atoms with Crippen molar-refractivity contribution in [1.29, 1.82) is 0 Å². The van der Waals surface area contributed by atoms with Crippen molar-refractivity contribution in [3.8, 4) is 68.8 Å². The molecule has 22 nitrogen and oxygen atoms in total. The van der Waals surface area contributed by atoms with Crippen molar-refractivity contribution in [2.75, 3.05) is 13.2 Å². The van der Waals surface area contributed by atoms with Crippen molar-refractivity contribution in [2.24, 2.45) is 0 Å². The maximum Gasteiger partial charge on any atom is 0.402 e. The lowest BCUT2D eigenvalue weighted by molar-refractivity contribution is -0.277. The summed E-state index contributed by atoms with van der Waals surface area (Å²) >= 11 is 0. The number of rotatable bonds is 9. The first kappa shape index (κ1) is 44.5. The normalized spacial score (nSPS) is 30.4. The largest absolute Gasteiger partial charge is 0.508 e. The molecule has 13 unspecified atom stereocenters. The van der Waals surface area contributed by atoms with Gasteiger partial charge in [-0.3, -0.25) is 0 Å². The summed E-state index contributed by atoms with van der Waals surface area (Å²) in [7, 11) is 0. The number of aromatic hydroxyl groups is 7. The molecule has 0 aliphatic carbocycles. The van der Waals surface area contributed by atoms with Crippen molar-refractivity contribution < 1.29 is 110 Å². The number of phenols is 7. The van der Waals surface area contributed by atoms with E-state index in [-0.39, 0.29) is 50.6 Å². The molecule has 16 N–H and O–H groups in total. The van der Waals surface area contributed by atoms with Gasteiger partial charge in [0, 0.05) is 35.4 Å². The Kier molecular flexibility index (Phi) is 11.9. The molecule has 342 valence electrons. The molecule has 3 aliphatic heterocycles. The van der Waals surface area contributed by atoms with Crippen molar-refractivity contribution in [3.63, 3.8) is 0 Å². The Morgan fingerprint density at radius 1 is 0.531 bits per heavy atom. The fourth-order valence-corrected chi connectivity index (χ4v) is 8.06. The van der Waals surface area contributed by atoms with Crippen LogP contribution in [-0.4, -0.2) is 162 Å². The summed E-state index contributed by atoms with van der Waals surface area (Å²) in [6, 6.07) is 11.2. The van der Waals surface area contributed by atoms with E-state index in [9.17, 15) is 81.7 Å². The number of hydrogen-bond donors (Lipinski definition) is 16. The van der Waals surface area contributed by atoms with Crippen molar-refractivity contribution in [1.82, 2.24) is 0 Å². The van der Waals surface area contributed by atoms with Gasteiger partial charge in [-0.25, -0.2) is 4.42 Å². The molecule has 1 aromatic heterocycles. The highest BCUT2D eigenvalue weighted by Crippen LogP contribution is 2.56. The Bertz CT molecular complexity index is 2510. The zero-order valence-corrected chi connectivity index (χ0v) is 32.8. The van der Waals surface area contributed by atoms with E-state index in [4.69, 9.17) is 28.1 Å². The molecule has 5 aromatic rings. The highest BCUT2D eigenvalue weighted by molar-refractivity contribution is 5.93. The van der Waals surface area contributed by atoms with Crippen LogP contribution in [0.15, 0.2) is 65.1 Å². The minimum absolute atomic E-state index is 0.110. The smallest absolute Gasteiger partial charge is 0.402 e. The van der Waals surface area contributed by atoms with Crippen LogP contribution in [0, 0.1) is 0 Å². The van der Waals surface area contributed by atoms with Gasteiger partial charge >= 0.3 is 11.3 Å². The molecule has 0 amide bonds. The Balaban J connectivity index is 1.39. The van der Waals surface area contributed by atoms with Crippen molar-refractivity contribution >= 4 is 11.0 Å². The molecule has 2 saturated heterocycles. The zero-order chi connectivity index (χ0) is 46.0. The van der Waals surface area contributed by atoms with Crippen LogP contribution in [0.1, 0.15) is 28.7 Å². The number of phenolic OH excluding ortho intramolecular Hbond substituents is 7. The lowest BCUT2D eigenvalue weighted by Crippen LogP contribution is -2.60. The van der Waals surface area contributed by atoms with Crippen LogP contribution in [0.5, 0.6) is 57.5 Å². The van der Waals surface area contributed by atoms with E-state index >= 15 is 0 Å². The Hall–Kier alpha value is -6.15. The van der Waals surface area contributed by atoms with Gasteiger partial charge in [0.2, 0.25) is 18.3 Å². The van der Waals surface area contributed by atoms with E-state index < -0.39 is 139 Å². The second-order valence-electron chi connectivity index (χ2n) is 15.5. The number of hydrogen-bond acceptors (Lipinski definition) is 21. The van der Waals surface area contributed by atoms with Gasteiger partial charge in [-0.15, -0.1) is 0 Å². The quantitative estimate of drug-likeness (QED) is 0.0642. The predicted octanol–water partition coefficient (Wildman–Crippen LogP) is -0.696. The molecule has 0 radical (unpaired) electrons.